The van der Waals surface area contributed by atoms with E-state index in [0.29, 0.717) is 11.7 Å². The van der Waals surface area contributed by atoms with Gasteiger partial charge in [0, 0.05) is 11.3 Å². The number of benzene rings is 2. The minimum Gasteiger partial charge on any atom is -0.346 e. The molecule has 0 radical (unpaired) electrons. The second kappa shape index (κ2) is 8.67. The Morgan fingerprint density at radius 3 is 2.77 bits per heavy atom. The van der Waals surface area contributed by atoms with E-state index < -0.39 is 0 Å². The lowest BCUT2D eigenvalue weighted by Gasteiger charge is -2.10. The lowest BCUT2D eigenvalue weighted by molar-refractivity contribution is -0.120. The molecular weight excluding hydrogens is 346 g/mol. The van der Waals surface area contributed by atoms with Crippen molar-refractivity contribution in [3.8, 4) is 11.4 Å². The summed E-state index contributed by atoms with van der Waals surface area (Å²) in [5.41, 5.74) is 3.24. The Labute approximate surface area is 157 Å². The highest BCUT2D eigenvalue weighted by Crippen LogP contribution is 2.19. The fraction of sp³-hybridized carbons (Fsp3) is 0.250. The van der Waals surface area contributed by atoms with Gasteiger partial charge in [0.25, 0.3) is 0 Å². The van der Waals surface area contributed by atoms with E-state index in [1.807, 2.05) is 56.3 Å². The number of hydrogen-bond donors (Lipinski definition) is 1. The van der Waals surface area contributed by atoms with E-state index >= 15 is 0 Å². The quantitative estimate of drug-likeness (QED) is 0.684. The highest BCUT2D eigenvalue weighted by molar-refractivity contribution is 7.99. The Balaban J connectivity index is 1.50. The lowest BCUT2D eigenvalue weighted by Crippen LogP contribution is -2.30. The number of rotatable bonds is 7. The third kappa shape index (κ3) is 4.95. The van der Waals surface area contributed by atoms with Gasteiger partial charge >= 0.3 is 0 Å². The van der Waals surface area contributed by atoms with E-state index in [-0.39, 0.29) is 17.7 Å². The average molecular weight is 367 g/mol. The number of thioether (sulfide) groups is 1. The number of aryl methyl sites for hydroxylation is 1. The summed E-state index contributed by atoms with van der Waals surface area (Å²) in [7, 11) is 0. The molecule has 2 aromatic carbocycles. The summed E-state index contributed by atoms with van der Waals surface area (Å²) < 4.78 is 5.24. The number of nitrogens with zero attached hydrogens (tertiary/aromatic N) is 2. The van der Waals surface area contributed by atoms with Crippen LogP contribution in [-0.2, 0) is 17.1 Å². The molecule has 0 fully saturated rings. The molecule has 0 bridgehead atoms. The molecule has 1 heterocycles. The van der Waals surface area contributed by atoms with Crippen LogP contribution in [0.15, 0.2) is 59.1 Å². The predicted octanol–water partition coefficient (Wildman–Crippen LogP) is 3.98. The van der Waals surface area contributed by atoms with Crippen LogP contribution in [0.2, 0.25) is 0 Å². The molecule has 0 aliphatic heterocycles. The molecule has 0 saturated carbocycles. The van der Waals surface area contributed by atoms with Crippen molar-refractivity contribution < 1.29 is 9.32 Å². The molecule has 1 aromatic heterocycles. The van der Waals surface area contributed by atoms with E-state index in [9.17, 15) is 4.79 Å². The number of nitrogens with one attached hydrogen (secondary N) is 1. The van der Waals surface area contributed by atoms with Crippen LogP contribution in [0.3, 0.4) is 0 Å². The molecule has 26 heavy (non-hydrogen) atoms. The van der Waals surface area contributed by atoms with Crippen LogP contribution in [0.5, 0.6) is 0 Å². The fourth-order valence-electron chi connectivity index (χ4n) is 2.41. The normalized spacial score (nSPS) is 11.9. The average Bonchev–Trinajstić information content (AvgIpc) is 3.14. The van der Waals surface area contributed by atoms with Crippen LogP contribution in [0.25, 0.3) is 11.4 Å². The highest BCUT2D eigenvalue weighted by Gasteiger charge is 2.15. The molecule has 1 N–H and O–H groups in total. The van der Waals surface area contributed by atoms with Crippen LogP contribution in [0.1, 0.15) is 23.9 Å². The Hall–Kier alpha value is -2.60. The largest absolute Gasteiger partial charge is 0.346 e. The second-order valence-corrected chi connectivity index (χ2v) is 7.37. The highest BCUT2D eigenvalue weighted by atomic mass is 32.2. The first kappa shape index (κ1) is 18.2. The lowest BCUT2D eigenvalue weighted by atomic mass is 10.1. The van der Waals surface area contributed by atoms with Crippen molar-refractivity contribution in [2.75, 3.05) is 0 Å². The SMILES string of the molecule is Cc1cccc(-c2noc(CNC(=O)C(C)SCc3ccccc3)n2)c1. The molecule has 0 aliphatic carbocycles. The van der Waals surface area contributed by atoms with Crippen molar-refractivity contribution in [3.05, 3.63) is 71.6 Å². The molecule has 0 saturated heterocycles. The van der Waals surface area contributed by atoms with E-state index in [2.05, 4.69) is 27.6 Å². The Morgan fingerprint density at radius 2 is 2.00 bits per heavy atom. The molecule has 3 rings (SSSR count). The molecule has 0 spiro atoms. The van der Waals surface area contributed by atoms with Crippen molar-refractivity contribution in [2.45, 2.75) is 31.4 Å². The van der Waals surface area contributed by atoms with Crippen molar-refractivity contribution >= 4 is 17.7 Å². The number of aromatic nitrogens is 2. The van der Waals surface area contributed by atoms with E-state index in [1.54, 1.807) is 11.8 Å². The third-order valence-corrected chi connectivity index (χ3v) is 5.08. The maximum absolute atomic E-state index is 12.2. The topological polar surface area (TPSA) is 68.0 Å². The number of carbonyl (C=O) groups excluding carboxylic acids is 1. The number of carbonyl (C=O) groups is 1. The van der Waals surface area contributed by atoms with Crippen molar-refractivity contribution in [1.29, 1.82) is 0 Å². The maximum Gasteiger partial charge on any atom is 0.246 e. The van der Waals surface area contributed by atoms with Gasteiger partial charge in [-0.25, -0.2) is 0 Å². The van der Waals surface area contributed by atoms with Crippen LogP contribution >= 0.6 is 11.8 Å². The van der Waals surface area contributed by atoms with Gasteiger partial charge in [0.1, 0.15) is 0 Å². The zero-order valence-electron chi connectivity index (χ0n) is 14.8. The van der Waals surface area contributed by atoms with Gasteiger partial charge in [0.2, 0.25) is 17.6 Å². The first-order valence-corrected chi connectivity index (χ1v) is 9.49. The molecule has 1 atom stereocenters. The van der Waals surface area contributed by atoms with Gasteiger partial charge in [-0.1, -0.05) is 59.3 Å². The monoisotopic (exact) mass is 367 g/mol. The van der Waals surface area contributed by atoms with Crippen LogP contribution in [0, 0.1) is 6.92 Å². The summed E-state index contributed by atoms with van der Waals surface area (Å²) >= 11 is 1.60. The predicted molar refractivity (Wildman–Crippen MR) is 104 cm³/mol. The van der Waals surface area contributed by atoms with Gasteiger partial charge in [-0.2, -0.15) is 4.98 Å². The van der Waals surface area contributed by atoms with Gasteiger partial charge in [-0.05, 0) is 25.5 Å². The molecule has 1 unspecified atom stereocenters. The Kier molecular flexibility index (Phi) is 6.07. The first-order valence-electron chi connectivity index (χ1n) is 8.44. The van der Waals surface area contributed by atoms with Crippen LogP contribution < -0.4 is 5.32 Å². The number of hydrogen-bond acceptors (Lipinski definition) is 5. The summed E-state index contributed by atoms with van der Waals surface area (Å²) in [5, 5.41) is 6.68. The maximum atomic E-state index is 12.2. The van der Waals surface area contributed by atoms with E-state index in [4.69, 9.17) is 4.52 Å². The molecule has 134 valence electrons. The van der Waals surface area contributed by atoms with Gasteiger partial charge in [-0.15, -0.1) is 11.8 Å². The summed E-state index contributed by atoms with van der Waals surface area (Å²) in [6.45, 7) is 4.14. The smallest absolute Gasteiger partial charge is 0.246 e. The van der Waals surface area contributed by atoms with E-state index in [1.165, 1.54) is 5.56 Å². The van der Waals surface area contributed by atoms with Crippen molar-refractivity contribution in [1.82, 2.24) is 15.5 Å². The molecular formula is C20H21N3O2S. The number of amides is 1. The van der Waals surface area contributed by atoms with Crippen molar-refractivity contribution in [3.63, 3.8) is 0 Å². The Bertz CT molecular complexity index is 864. The first-order chi connectivity index (χ1) is 12.6. The Morgan fingerprint density at radius 1 is 1.19 bits per heavy atom. The van der Waals surface area contributed by atoms with Gasteiger partial charge in [0.15, 0.2) is 0 Å². The summed E-state index contributed by atoms with van der Waals surface area (Å²) in [6, 6.07) is 18.0. The standard InChI is InChI=1S/C20H21N3O2S/c1-14-7-6-10-17(11-14)19-22-18(25-23-19)12-21-20(24)15(2)26-13-16-8-4-3-5-9-16/h3-11,15H,12-13H2,1-2H3,(H,21,24). The third-order valence-electron chi connectivity index (χ3n) is 3.87. The minimum absolute atomic E-state index is 0.0405. The molecule has 6 heteroatoms. The van der Waals surface area contributed by atoms with Crippen LogP contribution in [0.4, 0.5) is 0 Å². The zero-order valence-corrected chi connectivity index (χ0v) is 15.6. The summed E-state index contributed by atoms with van der Waals surface area (Å²) in [6.07, 6.45) is 0. The van der Waals surface area contributed by atoms with Gasteiger partial charge in [-0.3, -0.25) is 4.79 Å². The van der Waals surface area contributed by atoms with Crippen molar-refractivity contribution in [2.24, 2.45) is 0 Å². The summed E-state index contributed by atoms with van der Waals surface area (Å²) in [4.78, 5) is 16.6. The molecule has 1 amide bonds. The fourth-order valence-corrected chi connectivity index (χ4v) is 3.28. The minimum atomic E-state index is -0.158. The summed E-state index contributed by atoms with van der Waals surface area (Å²) in [5.74, 6) is 1.69. The van der Waals surface area contributed by atoms with Gasteiger partial charge < -0.3 is 9.84 Å². The molecule has 5 nitrogen and oxygen atoms in total. The molecule has 0 aliphatic rings. The molecule has 3 aromatic rings. The zero-order chi connectivity index (χ0) is 18.4. The van der Waals surface area contributed by atoms with E-state index in [0.717, 1.165) is 16.9 Å². The van der Waals surface area contributed by atoms with Gasteiger partial charge in [0.05, 0.1) is 11.8 Å². The second-order valence-electron chi connectivity index (χ2n) is 6.04. The van der Waals surface area contributed by atoms with Crippen LogP contribution in [-0.4, -0.2) is 21.3 Å².